The largest absolute Gasteiger partial charge is 0.395 e. The van der Waals surface area contributed by atoms with Crippen LogP contribution in [0.15, 0.2) is 0 Å². The zero-order valence-corrected chi connectivity index (χ0v) is 10.3. The van der Waals surface area contributed by atoms with Crippen LogP contribution in [-0.2, 0) is 14.3 Å². The van der Waals surface area contributed by atoms with Crippen LogP contribution in [0.4, 0.5) is 0 Å². The average Bonchev–Trinajstić information content (AvgIpc) is 2.29. The molecule has 0 saturated heterocycles. The van der Waals surface area contributed by atoms with Gasteiger partial charge in [-0.2, -0.15) is 0 Å². The first kappa shape index (κ1) is 15.3. The van der Waals surface area contributed by atoms with Gasteiger partial charge in [0.05, 0.1) is 13.2 Å². The molecule has 0 aliphatic heterocycles. The highest BCUT2D eigenvalue weighted by molar-refractivity contribution is 5.76. The van der Waals surface area contributed by atoms with Gasteiger partial charge in [0.1, 0.15) is 0 Å². The first-order valence-electron chi connectivity index (χ1n) is 5.71. The van der Waals surface area contributed by atoms with Gasteiger partial charge < -0.3 is 19.5 Å². The van der Waals surface area contributed by atoms with Crippen molar-refractivity contribution in [2.75, 3.05) is 46.6 Å². The maximum atomic E-state index is 11.7. The topological polar surface area (TPSA) is 59.0 Å². The monoisotopic (exact) mass is 233 g/mol. The number of hydrogen-bond acceptors (Lipinski definition) is 4. The van der Waals surface area contributed by atoms with E-state index in [1.165, 1.54) is 0 Å². The molecule has 0 saturated carbocycles. The van der Waals surface area contributed by atoms with Crippen molar-refractivity contribution < 1.29 is 19.4 Å². The number of nitrogens with zero attached hydrogens (tertiary/aromatic N) is 1. The summed E-state index contributed by atoms with van der Waals surface area (Å²) in [5.74, 6) is 0.0470. The van der Waals surface area contributed by atoms with Crippen LogP contribution in [-0.4, -0.2) is 62.5 Å². The molecule has 16 heavy (non-hydrogen) atoms. The predicted molar refractivity (Wildman–Crippen MR) is 61.3 cm³/mol. The highest BCUT2D eigenvalue weighted by Crippen LogP contribution is 1.98. The number of amides is 1. The molecule has 0 heterocycles. The number of aliphatic hydroxyl groups is 1. The minimum Gasteiger partial charge on any atom is -0.395 e. The third kappa shape index (κ3) is 7.62. The second kappa shape index (κ2) is 10.9. The molecular formula is C11H23NO4. The quantitative estimate of drug-likeness (QED) is 0.550. The lowest BCUT2D eigenvalue weighted by atomic mass is 10.3. The van der Waals surface area contributed by atoms with Crippen LogP contribution in [0, 0.1) is 0 Å². The van der Waals surface area contributed by atoms with Crippen molar-refractivity contribution >= 4 is 5.91 Å². The molecule has 0 radical (unpaired) electrons. The van der Waals surface area contributed by atoms with Gasteiger partial charge in [-0.05, 0) is 13.3 Å². The molecule has 1 N–H and O–H groups in total. The van der Waals surface area contributed by atoms with E-state index in [1.54, 1.807) is 12.0 Å². The number of carbonyl (C=O) groups is 1. The van der Waals surface area contributed by atoms with Crippen LogP contribution in [0.2, 0.25) is 0 Å². The summed E-state index contributed by atoms with van der Waals surface area (Å²) >= 11 is 0. The molecule has 0 aliphatic carbocycles. The zero-order chi connectivity index (χ0) is 12.2. The van der Waals surface area contributed by atoms with E-state index in [1.807, 2.05) is 6.92 Å². The highest BCUT2D eigenvalue weighted by Gasteiger charge is 2.11. The Morgan fingerprint density at radius 1 is 1.31 bits per heavy atom. The number of methoxy groups -OCH3 is 1. The van der Waals surface area contributed by atoms with Gasteiger partial charge in [-0.3, -0.25) is 4.79 Å². The van der Waals surface area contributed by atoms with Crippen molar-refractivity contribution in [3.05, 3.63) is 0 Å². The second-order valence-electron chi connectivity index (χ2n) is 3.40. The molecule has 0 rings (SSSR count). The molecular weight excluding hydrogens is 210 g/mol. The third-order valence-electron chi connectivity index (χ3n) is 2.17. The summed E-state index contributed by atoms with van der Waals surface area (Å²) in [6.45, 7) is 4.61. The molecule has 0 aromatic carbocycles. The second-order valence-corrected chi connectivity index (χ2v) is 3.40. The lowest BCUT2D eigenvalue weighted by Gasteiger charge is -2.21. The van der Waals surface area contributed by atoms with Gasteiger partial charge in [0.15, 0.2) is 0 Å². The van der Waals surface area contributed by atoms with Gasteiger partial charge in [-0.25, -0.2) is 0 Å². The summed E-state index contributed by atoms with van der Waals surface area (Å²) in [5.41, 5.74) is 0. The zero-order valence-electron chi connectivity index (χ0n) is 10.3. The molecule has 0 aromatic heterocycles. The van der Waals surface area contributed by atoms with Crippen molar-refractivity contribution in [3.8, 4) is 0 Å². The van der Waals surface area contributed by atoms with Crippen molar-refractivity contribution in [2.24, 2.45) is 0 Å². The van der Waals surface area contributed by atoms with Crippen molar-refractivity contribution in [1.82, 2.24) is 4.90 Å². The molecule has 96 valence electrons. The molecule has 0 fully saturated rings. The lowest BCUT2D eigenvalue weighted by molar-refractivity contribution is -0.132. The minimum atomic E-state index is -0.0130. The Labute approximate surface area is 97.3 Å². The molecule has 0 aromatic rings. The van der Waals surface area contributed by atoms with E-state index in [0.29, 0.717) is 39.3 Å². The summed E-state index contributed by atoms with van der Waals surface area (Å²) in [5, 5.41) is 8.84. The van der Waals surface area contributed by atoms with Crippen LogP contribution in [0.1, 0.15) is 19.8 Å². The lowest BCUT2D eigenvalue weighted by Crippen LogP contribution is -2.36. The molecule has 1 amide bonds. The molecule has 5 nitrogen and oxygen atoms in total. The predicted octanol–water partition coefficient (Wildman–Crippen LogP) is 0.270. The van der Waals surface area contributed by atoms with Gasteiger partial charge in [-0.15, -0.1) is 0 Å². The number of carbonyl (C=O) groups excluding carboxylic acids is 1. The number of aliphatic hydroxyl groups excluding tert-OH is 1. The number of hydrogen-bond donors (Lipinski definition) is 1. The van der Waals surface area contributed by atoms with Crippen LogP contribution in [0.25, 0.3) is 0 Å². The van der Waals surface area contributed by atoms with Crippen LogP contribution >= 0.6 is 0 Å². The Hall–Kier alpha value is -0.650. The van der Waals surface area contributed by atoms with Gasteiger partial charge in [-0.1, -0.05) is 0 Å². The number of ether oxygens (including phenoxy) is 2. The third-order valence-corrected chi connectivity index (χ3v) is 2.17. The summed E-state index contributed by atoms with van der Waals surface area (Å²) < 4.78 is 10.1. The van der Waals surface area contributed by atoms with Crippen molar-refractivity contribution in [2.45, 2.75) is 19.8 Å². The standard InChI is InChI=1S/C11H23NO4/c1-3-16-9-4-5-11(14)12(6-8-13)7-10-15-2/h13H,3-10H2,1-2H3. The van der Waals surface area contributed by atoms with Crippen molar-refractivity contribution in [1.29, 1.82) is 0 Å². The van der Waals surface area contributed by atoms with Gasteiger partial charge in [0.2, 0.25) is 5.91 Å². The maximum absolute atomic E-state index is 11.7. The average molecular weight is 233 g/mol. The van der Waals surface area contributed by atoms with Crippen LogP contribution in [0.5, 0.6) is 0 Å². The molecule has 0 bridgehead atoms. The van der Waals surface area contributed by atoms with E-state index in [-0.39, 0.29) is 12.5 Å². The fourth-order valence-corrected chi connectivity index (χ4v) is 1.31. The van der Waals surface area contributed by atoms with E-state index < -0.39 is 0 Å². The van der Waals surface area contributed by atoms with Crippen LogP contribution in [0.3, 0.4) is 0 Å². The fraction of sp³-hybridized carbons (Fsp3) is 0.909. The maximum Gasteiger partial charge on any atom is 0.222 e. The van der Waals surface area contributed by atoms with Crippen molar-refractivity contribution in [3.63, 3.8) is 0 Å². The highest BCUT2D eigenvalue weighted by atomic mass is 16.5. The summed E-state index contributed by atoms with van der Waals surface area (Å²) in [6.07, 6.45) is 1.19. The Kier molecular flexibility index (Phi) is 10.4. The summed E-state index contributed by atoms with van der Waals surface area (Å²) in [7, 11) is 1.59. The van der Waals surface area contributed by atoms with Gasteiger partial charge >= 0.3 is 0 Å². The molecule has 0 unspecified atom stereocenters. The summed E-state index contributed by atoms with van der Waals surface area (Å²) in [6, 6.07) is 0. The molecule has 0 atom stereocenters. The Morgan fingerprint density at radius 2 is 2.06 bits per heavy atom. The fourth-order valence-electron chi connectivity index (χ4n) is 1.31. The Morgan fingerprint density at radius 3 is 2.62 bits per heavy atom. The smallest absolute Gasteiger partial charge is 0.222 e. The number of rotatable bonds is 10. The van der Waals surface area contributed by atoms with E-state index in [2.05, 4.69) is 0 Å². The molecule has 0 spiro atoms. The van der Waals surface area contributed by atoms with E-state index in [0.717, 1.165) is 6.42 Å². The van der Waals surface area contributed by atoms with Gasteiger partial charge in [0, 0.05) is 39.8 Å². The SMILES string of the molecule is CCOCCCC(=O)N(CCO)CCOC. The van der Waals surface area contributed by atoms with Crippen LogP contribution < -0.4 is 0 Å². The first-order chi connectivity index (χ1) is 7.76. The van der Waals surface area contributed by atoms with Gasteiger partial charge in [0.25, 0.3) is 0 Å². The first-order valence-corrected chi connectivity index (χ1v) is 5.71. The Balaban J connectivity index is 3.77. The van der Waals surface area contributed by atoms with E-state index in [9.17, 15) is 4.79 Å². The normalized spacial score (nSPS) is 10.4. The Bertz CT molecular complexity index is 175. The van der Waals surface area contributed by atoms with E-state index >= 15 is 0 Å². The molecule has 5 heteroatoms. The summed E-state index contributed by atoms with van der Waals surface area (Å²) in [4.78, 5) is 13.3. The minimum absolute atomic E-state index is 0.0130. The molecule has 0 aliphatic rings. The van der Waals surface area contributed by atoms with E-state index in [4.69, 9.17) is 14.6 Å².